The Labute approximate surface area is 245 Å². The molecule has 5 rings (SSSR count). The zero-order valence-corrected chi connectivity index (χ0v) is 26.4. The van der Waals surface area contributed by atoms with E-state index in [0.29, 0.717) is 28.4 Å². The summed E-state index contributed by atoms with van der Waals surface area (Å²) in [7, 11) is 2.13. The summed E-state index contributed by atoms with van der Waals surface area (Å²) in [6.07, 6.45) is 18.9. The molecule has 5 unspecified atom stereocenters. The van der Waals surface area contributed by atoms with Gasteiger partial charge in [-0.2, -0.15) is 0 Å². The van der Waals surface area contributed by atoms with Crippen LogP contribution in [0.15, 0.2) is 66.6 Å². The van der Waals surface area contributed by atoms with E-state index in [0.717, 1.165) is 24.6 Å². The Kier molecular flexibility index (Phi) is 9.03. The van der Waals surface area contributed by atoms with E-state index in [-0.39, 0.29) is 5.41 Å². The number of hydrogen-bond donors (Lipinski definition) is 2. The van der Waals surface area contributed by atoms with Crippen LogP contribution in [-0.4, -0.2) is 23.6 Å². The van der Waals surface area contributed by atoms with Crippen LogP contribution >= 0.6 is 0 Å². The van der Waals surface area contributed by atoms with Crippen LogP contribution in [0.3, 0.4) is 0 Å². The highest BCUT2D eigenvalue weighted by atomic mass is 16.3. The normalized spacial score (nSPS) is 35.4. The van der Waals surface area contributed by atoms with Gasteiger partial charge in [0, 0.05) is 19.3 Å². The third kappa shape index (κ3) is 5.68. The van der Waals surface area contributed by atoms with E-state index in [4.69, 9.17) is 5.73 Å². The van der Waals surface area contributed by atoms with Crippen molar-refractivity contribution in [3.63, 3.8) is 0 Å². The zero-order valence-electron chi connectivity index (χ0n) is 26.4. The Morgan fingerprint density at radius 3 is 2.45 bits per heavy atom. The number of nitrogen functional groups attached to an aromatic ring is 1. The minimum atomic E-state index is 0.196. The highest BCUT2D eigenvalue weighted by molar-refractivity contribution is 5.49. The lowest BCUT2D eigenvalue weighted by molar-refractivity contribution is -0.0114. The summed E-state index contributed by atoms with van der Waals surface area (Å²) in [5.74, 6) is 2.56. The molecule has 0 radical (unpaired) electrons. The summed E-state index contributed by atoms with van der Waals surface area (Å²) < 4.78 is 0. The average Bonchev–Trinajstić information content (AvgIpc) is 2.90. The lowest BCUT2D eigenvalue weighted by Crippen LogP contribution is -2.50. The Morgan fingerprint density at radius 2 is 1.77 bits per heavy atom. The van der Waals surface area contributed by atoms with E-state index < -0.39 is 0 Å². The number of benzene rings is 1. The van der Waals surface area contributed by atoms with E-state index in [9.17, 15) is 5.11 Å². The highest BCUT2D eigenvalue weighted by Gasteiger charge is 2.52. The minimum absolute atomic E-state index is 0.196. The van der Waals surface area contributed by atoms with Crippen LogP contribution in [0.4, 0.5) is 5.69 Å². The van der Waals surface area contributed by atoms with Gasteiger partial charge in [0.05, 0.1) is 5.76 Å². The molecule has 0 bridgehead atoms. The lowest BCUT2D eigenvalue weighted by Gasteiger charge is -2.56. The fourth-order valence-corrected chi connectivity index (χ4v) is 9.64. The first-order valence-electron chi connectivity index (χ1n) is 15.8. The molecule has 1 aromatic carbocycles. The van der Waals surface area contributed by atoms with E-state index in [1.54, 1.807) is 6.92 Å². The van der Waals surface area contributed by atoms with Crippen molar-refractivity contribution in [3.05, 3.63) is 77.7 Å². The van der Waals surface area contributed by atoms with Crippen molar-refractivity contribution in [2.24, 2.45) is 28.6 Å². The van der Waals surface area contributed by atoms with E-state index in [1.807, 2.05) is 12.3 Å². The second kappa shape index (κ2) is 11.8. The molecule has 220 valence electrons. The molecular formula is C37H56N2O. The number of nitrogens with two attached hydrogens (primary N) is 1. The molecule has 0 amide bonds. The number of fused-ring (bicyclic) bond motifs is 4. The topological polar surface area (TPSA) is 49.5 Å². The van der Waals surface area contributed by atoms with Crippen molar-refractivity contribution in [2.45, 2.75) is 104 Å². The smallest absolute Gasteiger partial charge is 0.0894 e. The molecule has 4 aliphatic carbocycles. The Hall–Kier alpha value is -2.42. The Bertz CT molecular complexity index is 1160. The van der Waals surface area contributed by atoms with Crippen molar-refractivity contribution in [2.75, 3.05) is 19.3 Å². The van der Waals surface area contributed by atoms with Crippen LogP contribution in [0, 0.1) is 28.6 Å². The van der Waals surface area contributed by atoms with Crippen LogP contribution in [0.25, 0.3) is 0 Å². The summed E-state index contributed by atoms with van der Waals surface area (Å²) >= 11 is 0. The number of allylic oxidation sites excluding steroid dienone is 5. The van der Waals surface area contributed by atoms with Crippen LogP contribution in [0.2, 0.25) is 0 Å². The van der Waals surface area contributed by atoms with Gasteiger partial charge in [-0.05, 0) is 140 Å². The van der Waals surface area contributed by atoms with Gasteiger partial charge in [-0.25, -0.2) is 0 Å². The SMILES string of the molecule is C=CC1CCCC2(C)c3cc(N)ccc3CCC12.C=CN(C)C[C@@]1(C)CCCC2(C)C(/C=C(\C)O)=C(C)CCC21. The van der Waals surface area contributed by atoms with Gasteiger partial charge >= 0.3 is 0 Å². The molecule has 0 aromatic heterocycles. The number of hydrogen-bond acceptors (Lipinski definition) is 3. The van der Waals surface area contributed by atoms with Gasteiger partial charge in [-0.3, -0.25) is 0 Å². The van der Waals surface area contributed by atoms with Crippen LogP contribution in [-0.2, 0) is 11.8 Å². The lowest BCUT2D eigenvalue weighted by atomic mass is 9.49. The molecule has 3 heteroatoms. The molecule has 0 saturated heterocycles. The van der Waals surface area contributed by atoms with Gasteiger partial charge in [-0.15, -0.1) is 6.58 Å². The van der Waals surface area contributed by atoms with Crippen LogP contribution in [0.1, 0.15) is 104 Å². The third-order valence-corrected chi connectivity index (χ3v) is 11.6. The highest BCUT2D eigenvalue weighted by Crippen LogP contribution is 2.60. The number of aryl methyl sites for hydroxylation is 1. The molecule has 6 atom stereocenters. The fourth-order valence-electron chi connectivity index (χ4n) is 9.64. The number of anilines is 1. The molecular weight excluding hydrogens is 488 g/mol. The first-order valence-corrected chi connectivity index (χ1v) is 15.8. The van der Waals surface area contributed by atoms with Gasteiger partial charge in [0.1, 0.15) is 0 Å². The quantitative estimate of drug-likeness (QED) is 0.220. The van der Waals surface area contributed by atoms with Gasteiger partial charge in [-0.1, -0.05) is 57.9 Å². The number of aliphatic hydroxyl groups excluding tert-OH is 1. The van der Waals surface area contributed by atoms with E-state index in [2.05, 4.69) is 77.1 Å². The molecule has 0 heterocycles. The van der Waals surface area contributed by atoms with Gasteiger partial charge in [0.25, 0.3) is 0 Å². The standard InChI is InChI=1S/C20H33NO.C17H23N/c1-7-21(6)14-19(4)11-8-12-20(5)17(13-16(3)22)15(2)9-10-18(19)20;1-3-12-5-4-10-17(2)15(12)9-7-13-6-8-14(18)11-16(13)17/h7,13,18,22H,1,8-12,14H2,2-6H3;3,6,8,11-12,15H,1,4-5,7,9-10,18H2,2H3/b16-13+;/t18?,19-,20?;/m1./s1. The predicted molar refractivity (Wildman–Crippen MR) is 172 cm³/mol. The Morgan fingerprint density at radius 1 is 1.05 bits per heavy atom. The monoisotopic (exact) mass is 544 g/mol. The van der Waals surface area contributed by atoms with Crippen molar-refractivity contribution < 1.29 is 5.11 Å². The second-order valence-electron chi connectivity index (χ2n) is 14.4. The maximum Gasteiger partial charge on any atom is 0.0894 e. The first kappa shape index (κ1) is 30.5. The van der Waals surface area contributed by atoms with Gasteiger partial charge in [0.2, 0.25) is 0 Å². The van der Waals surface area contributed by atoms with Crippen molar-refractivity contribution >= 4 is 5.69 Å². The molecule has 1 aromatic rings. The first-order chi connectivity index (χ1) is 18.9. The fraction of sp³-hybridized carbons (Fsp3) is 0.622. The van der Waals surface area contributed by atoms with Crippen molar-refractivity contribution in [3.8, 4) is 0 Å². The maximum absolute atomic E-state index is 9.85. The van der Waals surface area contributed by atoms with Crippen LogP contribution < -0.4 is 5.73 Å². The van der Waals surface area contributed by atoms with E-state index in [1.165, 1.54) is 80.1 Å². The average molecular weight is 545 g/mol. The zero-order chi connectivity index (χ0) is 29.3. The molecule has 2 fully saturated rings. The Balaban J connectivity index is 0.000000188. The summed E-state index contributed by atoms with van der Waals surface area (Å²) in [5, 5.41) is 9.85. The minimum Gasteiger partial charge on any atom is -0.513 e. The summed E-state index contributed by atoms with van der Waals surface area (Å²) in [5.41, 5.74) is 13.7. The summed E-state index contributed by atoms with van der Waals surface area (Å²) in [4.78, 5) is 2.24. The molecule has 3 nitrogen and oxygen atoms in total. The van der Waals surface area contributed by atoms with Crippen molar-refractivity contribution in [1.29, 1.82) is 0 Å². The number of aliphatic hydroxyl groups is 1. The van der Waals surface area contributed by atoms with Gasteiger partial charge in [0.15, 0.2) is 0 Å². The summed E-state index contributed by atoms with van der Waals surface area (Å²) in [6.45, 7) is 20.4. The molecule has 40 heavy (non-hydrogen) atoms. The molecule has 4 aliphatic rings. The third-order valence-electron chi connectivity index (χ3n) is 11.6. The van der Waals surface area contributed by atoms with Crippen LogP contribution in [0.5, 0.6) is 0 Å². The molecule has 0 aliphatic heterocycles. The second-order valence-corrected chi connectivity index (χ2v) is 14.4. The van der Waals surface area contributed by atoms with Gasteiger partial charge < -0.3 is 15.7 Å². The molecule has 3 N–H and O–H groups in total. The maximum atomic E-state index is 9.85. The predicted octanol–water partition coefficient (Wildman–Crippen LogP) is 9.52. The molecule has 0 spiro atoms. The largest absolute Gasteiger partial charge is 0.513 e. The van der Waals surface area contributed by atoms with Crippen molar-refractivity contribution in [1.82, 2.24) is 4.90 Å². The summed E-state index contributed by atoms with van der Waals surface area (Å²) in [6, 6.07) is 6.52. The van der Waals surface area contributed by atoms with E-state index >= 15 is 0 Å². The number of rotatable bonds is 5. The molecule has 2 saturated carbocycles. The number of nitrogens with zero attached hydrogens (tertiary/aromatic N) is 1.